The van der Waals surface area contributed by atoms with Crippen molar-refractivity contribution in [3.05, 3.63) is 46.0 Å². The Morgan fingerprint density at radius 1 is 1.07 bits per heavy atom. The number of nitrogens with two attached hydrogens (primary N) is 1. The summed E-state index contributed by atoms with van der Waals surface area (Å²) in [5.41, 5.74) is 7.07. The molecule has 0 spiro atoms. The summed E-state index contributed by atoms with van der Waals surface area (Å²) >= 11 is 12.0. The second-order valence-electron chi connectivity index (χ2n) is 5.51. The lowest BCUT2D eigenvalue weighted by Crippen LogP contribution is -2.10. The molecular formula is C19H26Cl2N2O7. The normalized spacial score (nSPS) is 11.1. The maximum absolute atomic E-state index is 9.55. The smallest absolute Gasteiger partial charge is 0.328 e. The first kappa shape index (κ1) is 27.8. The predicted octanol–water partition coefficient (Wildman–Crippen LogP) is 2.83. The van der Waals surface area contributed by atoms with Crippen molar-refractivity contribution in [2.24, 2.45) is 10.9 Å². The molecule has 0 heterocycles. The molecule has 168 valence electrons. The maximum Gasteiger partial charge on any atom is 0.328 e. The molecule has 0 fully saturated rings. The van der Waals surface area contributed by atoms with Crippen LogP contribution in [0.1, 0.15) is 18.4 Å². The van der Waals surface area contributed by atoms with Gasteiger partial charge in [-0.2, -0.15) is 0 Å². The van der Waals surface area contributed by atoms with Gasteiger partial charge in [-0.1, -0.05) is 34.4 Å². The molecule has 0 saturated heterocycles. The van der Waals surface area contributed by atoms with Crippen molar-refractivity contribution >= 4 is 40.9 Å². The standard InChI is InChI=1S/C15H22Cl2N2O3.C4H4O4/c1-20-9-10-21-7-2-3-15(19-22-8-6-18)12-4-5-13(16)14(17)11-12;5-3(6)1-2-4(7)8/h4-5,11H,2-3,6-10,18H2,1H3;1-2H,(H,5,6)(H,7,8)/b;2-1+. The van der Waals surface area contributed by atoms with Crippen LogP contribution < -0.4 is 5.73 Å². The lowest BCUT2D eigenvalue weighted by atomic mass is 10.1. The third-order valence-corrected chi connectivity index (χ3v) is 3.88. The van der Waals surface area contributed by atoms with Crippen LogP contribution in [-0.2, 0) is 23.9 Å². The fraction of sp³-hybridized carbons (Fsp3) is 0.421. The molecule has 1 rings (SSSR count). The molecule has 0 saturated carbocycles. The van der Waals surface area contributed by atoms with Gasteiger partial charge in [-0.15, -0.1) is 0 Å². The summed E-state index contributed by atoms with van der Waals surface area (Å²) in [6.45, 7) is 2.58. The largest absolute Gasteiger partial charge is 0.478 e. The van der Waals surface area contributed by atoms with E-state index in [0.29, 0.717) is 61.6 Å². The highest BCUT2D eigenvalue weighted by atomic mass is 35.5. The van der Waals surface area contributed by atoms with Gasteiger partial charge in [-0.05, 0) is 25.0 Å². The van der Waals surface area contributed by atoms with E-state index < -0.39 is 11.9 Å². The fourth-order valence-electron chi connectivity index (χ4n) is 1.82. The second-order valence-corrected chi connectivity index (χ2v) is 6.32. The van der Waals surface area contributed by atoms with Crippen molar-refractivity contribution in [3.8, 4) is 0 Å². The van der Waals surface area contributed by atoms with E-state index in [9.17, 15) is 9.59 Å². The molecule has 9 nitrogen and oxygen atoms in total. The summed E-state index contributed by atoms with van der Waals surface area (Å²) in [6.07, 6.45) is 2.63. The Bertz CT molecular complexity index is 696. The van der Waals surface area contributed by atoms with E-state index in [0.717, 1.165) is 17.7 Å². The van der Waals surface area contributed by atoms with Crippen LogP contribution in [-0.4, -0.2) is 67.9 Å². The van der Waals surface area contributed by atoms with Gasteiger partial charge in [-0.25, -0.2) is 9.59 Å². The van der Waals surface area contributed by atoms with Crippen LogP contribution in [0.3, 0.4) is 0 Å². The van der Waals surface area contributed by atoms with Gasteiger partial charge in [0.15, 0.2) is 0 Å². The molecule has 11 heteroatoms. The number of nitrogens with zero attached hydrogens (tertiary/aromatic N) is 1. The topological polar surface area (TPSA) is 141 Å². The molecule has 1 aromatic carbocycles. The van der Waals surface area contributed by atoms with E-state index in [2.05, 4.69) is 5.16 Å². The minimum atomic E-state index is -1.26. The Morgan fingerprint density at radius 3 is 2.27 bits per heavy atom. The predicted molar refractivity (Wildman–Crippen MR) is 114 cm³/mol. The van der Waals surface area contributed by atoms with Gasteiger partial charge >= 0.3 is 11.9 Å². The van der Waals surface area contributed by atoms with Crippen molar-refractivity contribution in [2.45, 2.75) is 12.8 Å². The number of oxime groups is 1. The fourth-order valence-corrected chi connectivity index (χ4v) is 2.12. The van der Waals surface area contributed by atoms with Crippen LogP contribution in [0.15, 0.2) is 35.5 Å². The molecule has 0 aliphatic carbocycles. The Balaban J connectivity index is 0.000000890. The number of rotatable bonds is 13. The molecule has 30 heavy (non-hydrogen) atoms. The van der Waals surface area contributed by atoms with Gasteiger partial charge in [0.25, 0.3) is 0 Å². The highest BCUT2D eigenvalue weighted by molar-refractivity contribution is 6.42. The van der Waals surface area contributed by atoms with Crippen LogP contribution in [0, 0.1) is 0 Å². The zero-order valence-electron chi connectivity index (χ0n) is 16.6. The molecule has 0 aliphatic heterocycles. The number of halogens is 2. The minimum Gasteiger partial charge on any atom is -0.478 e. The summed E-state index contributed by atoms with van der Waals surface area (Å²) in [4.78, 5) is 24.3. The van der Waals surface area contributed by atoms with Crippen molar-refractivity contribution in [3.63, 3.8) is 0 Å². The number of benzene rings is 1. The second kappa shape index (κ2) is 17.7. The van der Waals surface area contributed by atoms with Gasteiger partial charge in [0.2, 0.25) is 0 Å². The van der Waals surface area contributed by atoms with Crippen LogP contribution in [0.5, 0.6) is 0 Å². The third-order valence-electron chi connectivity index (χ3n) is 3.14. The summed E-state index contributed by atoms with van der Waals surface area (Å²) in [6, 6.07) is 5.39. The number of hydrogen-bond acceptors (Lipinski definition) is 7. The third kappa shape index (κ3) is 14.8. The van der Waals surface area contributed by atoms with Crippen molar-refractivity contribution in [1.29, 1.82) is 0 Å². The number of carboxylic acids is 2. The van der Waals surface area contributed by atoms with E-state index in [1.165, 1.54) is 0 Å². The monoisotopic (exact) mass is 464 g/mol. The van der Waals surface area contributed by atoms with E-state index in [1.807, 2.05) is 6.07 Å². The highest BCUT2D eigenvalue weighted by Crippen LogP contribution is 2.23. The van der Waals surface area contributed by atoms with Crippen LogP contribution >= 0.6 is 23.2 Å². The first-order chi connectivity index (χ1) is 14.3. The quantitative estimate of drug-likeness (QED) is 0.175. The number of carbonyl (C=O) groups is 2. The van der Waals surface area contributed by atoms with Gasteiger partial charge in [0.1, 0.15) is 6.61 Å². The Hall–Kier alpha value is -2.17. The summed E-state index contributed by atoms with van der Waals surface area (Å²) in [7, 11) is 1.65. The van der Waals surface area contributed by atoms with Crippen LogP contribution in [0.25, 0.3) is 0 Å². The molecule has 0 aromatic heterocycles. The van der Waals surface area contributed by atoms with Gasteiger partial charge in [0.05, 0.1) is 29.0 Å². The first-order valence-corrected chi connectivity index (χ1v) is 9.62. The van der Waals surface area contributed by atoms with Crippen LogP contribution in [0.2, 0.25) is 10.0 Å². The summed E-state index contributed by atoms with van der Waals surface area (Å²) in [5, 5.41) is 20.8. The van der Waals surface area contributed by atoms with E-state index >= 15 is 0 Å². The number of methoxy groups -OCH3 is 1. The number of ether oxygens (including phenoxy) is 2. The van der Waals surface area contributed by atoms with Crippen molar-refractivity contribution < 1.29 is 34.1 Å². The zero-order chi connectivity index (χ0) is 22.8. The molecule has 0 bridgehead atoms. The van der Waals surface area contributed by atoms with Crippen LogP contribution in [0.4, 0.5) is 0 Å². The molecular weight excluding hydrogens is 439 g/mol. The molecule has 4 N–H and O–H groups in total. The lowest BCUT2D eigenvalue weighted by Gasteiger charge is -2.09. The van der Waals surface area contributed by atoms with E-state index in [4.69, 9.17) is 53.5 Å². The molecule has 1 aromatic rings. The minimum absolute atomic E-state index is 0.370. The number of hydrogen-bond donors (Lipinski definition) is 3. The highest BCUT2D eigenvalue weighted by Gasteiger charge is 2.08. The van der Waals surface area contributed by atoms with Gasteiger partial charge in [0, 0.05) is 38.0 Å². The average Bonchev–Trinajstić information content (AvgIpc) is 2.70. The lowest BCUT2D eigenvalue weighted by molar-refractivity contribution is -0.134. The van der Waals surface area contributed by atoms with Crippen molar-refractivity contribution in [1.82, 2.24) is 0 Å². The molecule has 0 atom stereocenters. The Kier molecular flexibility index (Phi) is 16.4. The summed E-state index contributed by atoms with van der Waals surface area (Å²) in [5.74, 6) is -2.51. The molecule has 0 aliphatic rings. The number of aliphatic carboxylic acids is 2. The average molecular weight is 465 g/mol. The van der Waals surface area contributed by atoms with Crippen molar-refractivity contribution in [2.75, 3.05) is 40.1 Å². The molecule has 0 unspecified atom stereocenters. The van der Waals surface area contributed by atoms with E-state index in [1.54, 1.807) is 19.2 Å². The first-order valence-electron chi connectivity index (χ1n) is 8.86. The molecule has 0 amide bonds. The van der Waals surface area contributed by atoms with E-state index in [-0.39, 0.29) is 0 Å². The summed E-state index contributed by atoms with van der Waals surface area (Å²) < 4.78 is 10.4. The van der Waals surface area contributed by atoms with Gasteiger partial charge in [-0.3, -0.25) is 0 Å². The maximum atomic E-state index is 9.55. The zero-order valence-corrected chi connectivity index (χ0v) is 18.1. The Labute approximate surface area is 185 Å². The Morgan fingerprint density at radius 2 is 1.73 bits per heavy atom. The molecule has 0 radical (unpaired) electrons. The number of carboxylic acid groups (broad SMARTS) is 2. The van der Waals surface area contributed by atoms with Gasteiger partial charge < -0.3 is 30.3 Å². The SMILES string of the molecule is COCCOCCCC(=NOCCN)c1ccc(Cl)c(Cl)c1.O=C(O)/C=C/C(=O)O.